The topological polar surface area (TPSA) is 113 Å². The Morgan fingerprint density at radius 1 is 0.914 bits per heavy atom. The standard InChI is InChI=1S/C24H24ClN3O5S2/c1-17-2-7-21(8-3-17)34(30,31)27-14-13-26-24(29)19-4-11-23-18(16-19)12-15-28(23)35(32,33)22-9-5-20(25)6-10-22/h2-11,16,27H,12-15H2,1H3,(H,26,29). The highest BCUT2D eigenvalue weighted by molar-refractivity contribution is 7.92. The molecule has 0 bridgehead atoms. The van der Waals surface area contributed by atoms with Gasteiger partial charge in [0.1, 0.15) is 0 Å². The number of amides is 1. The molecule has 0 atom stereocenters. The Balaban J connectivity index is 1.37. The molecular weight excluding hydrogens is 510 g/mol. The van der Waals surface area contributed by atoms with Gasteiger partial charge in [0.2, 0.25) is 10.0 Å². The van der Waals surface area contributed by atoms with Crippen LogP contribution in [0.1, 0.15) is 21.5 Å². The number of carbonyl (C=O) groups excluding carboxylic acids is 1. The van der Waals surface area contributed by atoms with E-state index in [1.165, 1.54) is 40.7 Å². The lowest BCUT2D eigenvalue weighted by Crippen LogP contribution is -2.34. The van der Waals surface area contributed by atoms with Gasteiger partial charge >= 0.3 is 0 Å². The summed E-state index contributed by atoms with van der Waals surface area (Å²) in [5, 5.41) is 3.13. The number of aryl methyl sites for hydroxylation is 1. The second kappa shape index (κ2) is 9.98. The summed E-state index contributed by atoms with van der Waals surface area (Å²) in [5.41, 5.74) is 2.60. The van der Waals surface area contributed by atoms with Crippen molar-refractivity contribution in [3.63, 3.8) is 0 Å². The number of halogens is 1. The van der Waals surface area contributed by atoms with Gasteiger partial charge in [0, 0.05) is 30.2 Å². The number of nitrogens with zero attached hydrogens (tertiary/aromatic N) is 1. The van der Waals surface area contributed by atoms with E-state index in [0.717, 1.165) is 11.1 Å². The van der Waals surface area contributed by atoms with Crippen molar-refractivity contribution in [3.8, 4) is 0 Å². The van der Waals surface area contributed by atoms with Crippen LogP contribution in [0.2, 0.25) is 5.02 Å². The van der Waals surface area contributed by atoms with Gasteiger partial charge < -0.3 is 5.32 Å². The molecule has 0 fully saturated rings. The molecule has 0 spiro atoms. The molecule has 0 aliphatic carbocycles. The van der Waals surface area contributed by atoms with E-state index in [0.29, 0.717) is 22.7 Å². The van der Waals surface area contributed by atoms with Crippen LogP contribution in [0.5, 0.6) is 0 Å². The molecule has 1 heterocycles. The maximum absolute atomic E-state index is 13.0. The number of hydrogen-bond acceptors (Lipinski definition) is 5. The SMILES string of the molecule is Cc1ccc(S(=O)(=O)NCCNC(=O)c2ccc3c(c2)CCN3S(=O)(=O)c2ccc(Cl)cc2)cc1. The minimum absolute atomic E-state index is 0.0278. The third-order valence-electron chi connectivity index (χ3n) is 5.63. The van der Waals surface area contributed by atoms with Crippen molar-refractivity contribution < 1.29 is 21.6 Å². The zero-order valence-electron chi connectivity index (χ0n) is 18.9. The normalized spacial score (nSPS) is 13.5. The van der Waals surface area contributed by atoms with Crippen molar-refractivity contribution in [2.75, 3.05) is 23.9 Å². The molecule has 4 rings (SSSR count). The van der Waals surface area contributed by atoms with Gasteiger partial charge in [0.05, 0.1) is 15.5 Å². The van der Waals surface area contributed by atoms with Crippen LogP contribution in [0, 0.1) is 6.92 Å². The van der Waals surface area contributed by atoms with Crippen molar-refractivity contribution in [3.05, 3.63) is 88.4 Å². The lowest BCUT2D eigenvalue weighted by atomic mass is 10.1. The van der Waals surface area contributed by atoms with Gasteiger partial charge in [-0.15, -0.1) is 0 Å². The van der Waals surface area contributed by atoms with E-state index in [-0.39, 0.29) is 35.3 Å². The third kappa shape index (κ3) is 5.51. The first-order chi connectivity index (χ1) is 16.6. The van der Waals surface area contributed by atoms with Gasteiger partial charge in [-0.3, -0.25) is 9.10 Å². The smallest absolute Gasteiger partial charge is 0.264 e. The number of rotatable bonds is 8. The Morgan fingerprint density at radius 2 is 1.57 bits per heavy atom. The molecule has 35 heavy (non-hydrogen) atoms. The van der Waals surface area contributed by atoms with E-state index in [2.05, 4.69) is 10.0 Å². The number of hydrogen-bond donors (Lipinski definition) is 2. The summed E-state index contributed by atoms with van der Waals surface area (Å²) in [4.78, 5) is 12.9. The average Bonchev–Trinajstić information content (AvgIpc) is 3.26. The van der Waals surface area contributed by atoms with Gasteiger partial charge in [-0.25, -0.2) is 21.6 Å². The van der Waals surface area contributed by atoms with Crippen LogP contribution in [-0.2, 0) is 26.5 Å². The molecule has 0 saturated carbocycles. The largest absolute Gasteiger partial charge is 0.351 e. The van der Waals surface area contributed by atoms with Gasteiger partial charge in [-0.2, -0.15) is 0 Å². The van der Waals surface area contributed by atoms with E-state index < -0.39 is 20.0 Å². The molecule has 3 aromatic rings. The minimum Gasteiger partial charge on any atom is -0.351 e. The lowest BCUT2D eigenvalue weighted by molar-refractivity contribution is 0.0954. The first kappa shape index (κ1) is 25.2. The average molecular weight is 534 g/mol. The van der Waals surface area contributed by atoms with Crippen LogP contribution in [-0.4, -0.2) is 42.4 Å². The Bertz CT molecular complexity index is 1460. The zero-order valence-corrected chi connectivity index (χ0v) is 21.3. The van der Waals surface area contributed by atoms with Crippen molar-refractivity contribution in [1.82, 2.24) is 10.0 Å². The fourth-order valence-electron chi connectivity index (χ4n) is 3.76. The molecule has 0 saturated heterocycles. The Morgan fingerprint density at radius 3 is 2.26 bits per heavy atom. The summed E-state index contributed by atoms with van der Waals surface area (Å²) in [6.45, 7) is 2.26. The second-order valence-corrected chi connectivity index (χ2v) is 12.2. The van der Waals surface area contributed by atoms with E-state index in [4.69, 9.17) is 11.6 Å². The highest BCUT2D eigenvalue weighted by Crippen LogP contribution is 2.33. The van der Waals surface area contributed by atoms with E-state index >= 15 is 0 Å². The molecule has 8 nitrogen and oxygen atoms in total. The number of sulfonamides is 2. The predicted octanol–water partition coefficient (Wildman–Crippen LogP) is 3.11. The van der Waals surface area contributed by atoms with Crippen LogP contribution in [0.3, 0.4) is 0 Å². The molecule has 1 amide bonds. The fraction of sp³-hybridized carbons (Fsp3) is 0.208. The zero-order chi connectivity index (χ0) is 25.2. The van der Waals surface area contributed by atoms with Crippen LogP contribution in [0.25, 0.3) is 0 Å². The predicted molar refractivity (Wildman–Crippen MR) is 135 cm³/mol. The first-order valence-electron chi connectivity index (χ1n) is 10.8. The third-order valence-corrected chi connectivity index (χ3v) is 9.19. The van der Waals surface area contributed by atoms with Gasteiger partial charge in [0.15, 0.2) is 0 Å². The summed E-state index contributed by atoms with van der Waals surface area (Å²) >= 11 is 5.87. The lowest BCUT2D eigenvalue weighted by Gasteiger charge is -2.19. The highest BCUT2D eigenvalue weighted by Gasteiger charge is 2.31. The van der Waals surface area contributed by atoms with Crippen LogP contribution in [0.4, 0.5) is 5.69 Å². The second-order valence-electron chi connectivity index (χ2n) is 8.09. The fourth-order valence-corrected chi connectivity index (χ4v) is 6.42. The number of anilines is 1. The number of benzene rings is 3. The molecule has 184 valence electrons. The molecule has 0 radical (unpaired) electrons. The van der Waals surface area contributed by atoms with Gasteiger partial charge in [0.25, 0.3) is 15.9 Å². The van der Waals surface area contributed by atoms with Crippen molar-refractivity contribution in [1.29, 1.82) is 0 Å². The van der Waals surface area contributed by atoms with Crippen molar-refractivity contribution in [2.45, 2.75) is 23.1 Å². The van der Waals surface area contributed by atoms with E-state index in [9.17, 15) is 21.6 Å². The number of nitrogens with one attached hydrogen (secondary N) is 2. The summed E-state index contributed by atoms with van der Waals surface area (Å²) in [6.07, 6.45) is 0.472. The summed E-state index contributed by atoms with van der Waals surface area (Å²) in [7, 11) is -7.41. The Labute approximate surface area is 210 Å². The number of fused-ring (bicyclic) bond motifs is 1. The summed E-state index contributed by atoms with van der Waals surface area (Å²) < 4.78 is 54.6. The molecule has 0 aromatic heterocycles. The van der Waals surface area contributed by atoms with Crippen LogP contribution >= 0.6 is 11.6 Å². The molecule has 1 aliphatic rings. The monoisotopic (exact) mass is 533 g/mol. The quantitative estimate of drug-likeness (QED) is 0.432. The maximum Gasteiger partial charge on any atom is 0.264 e. The molecule has 1 aliphatic heterocycles. The first-order valence-corrected chi connectivity index (χ1v) is 14.1. The van der Waals surface area contributed by atoms with E-state index in [1.807, 2.05) is 6.92 Å². The van der Waals surface area contributed by atoms with E-state index in [1.54, 1.807) is 30.3 Å². The van der Waals surface area contributed by atoms with Gasteiger partial charge in [-0.05, 0) is 73.5 Å². The molecule has 0 unspecified atom stereocenters. The molecular formula is C24H24ClN3O5S2. The van der Waals surface area contributed by atoms with Crippen molar-refractivity contribution >= 4 is 43.2 Å². The van der Waals surface area contributed by atoms with Crippen LogP contribution < -0.4 is 14.3 Å². The maximum atomic E-state index is 13.0. The summed E-state index contributed by atoms with van der Waals surface area (Å²) in [6, 6.07) is 17.3. The van der Waals surface area contributed by atoms with Gasteiger partial charge in [-0.1, -0.05) is 29.3 Å². The van der Waals surface area contributed by atoms with Crippen LogP contribution in [0.15, 0.2) is 76.5 Å². The summed E-state index contributed by atoms with van der Waals surface area (Å²) in [5.74, 6) is -0.374. The molecule has 3 aromatic carbocycles. The highest BCUT2D eigenvalue weighted by atomic mass is 35.5. The van der Waals surface area contributed by atoms with Crippen molar-refractivity contribution in [2.24, 2.45) is 0 Å². The minimum atomic E-state index is -3.75. The molecule has 2 N–H and O–H groups in total. The molecule has 11 heteroatoms. The number of carbonyl (C=O) groups is 1. The Hall–Kier alpha value is -2.92. The Kier molecular flexibility index (Phi) is 7.18.